The Bertz CT molecular complexity index is 418. The number of anilines is 1. The molecule has 19 heavy (non-hydrogen) atoms. The van der Waals surface area contributed by atoms with E-state index in [1.54, 1.807) is 6.33 Å². The SMILES string of the molecule is c1nc2c(c(NCCC3CCOC3)n1)CCNCC2. The Balaban J connectivity index is 1.60. The van der Waals surface area contributed by atoms with Crippen molar-refractivity contribution in [3.8, 4) is 0 Å². The third kappa shape index (κ3) is 3.22. The number of ether oxygens (including phenoxy) is 1. The smallest absolute Gasteiger partial charge is 0.132 e. The molecule has 1 unspecified atom stereocenters. The minimum Gasteiger partial charge on any atom is -0.381 e. The quantitative estimate of drug-likeness (QED) is 0.848. The summed E-state index contributed by atoms with van der Waals surface area (Å²) in [6.07, 6.45) is 6.07. The van der Waals surface area contributed by atoms with Gasteiger partial charge in [0, 0.05) is 38.3 Å². The molecular formula is C14H22N4O. The summed E-state index contributed by atoms with van der Waals surface area (Å²) in [6, 6.07) is 0. The first kappa shape index (κ1) is 12.8. The van der Waals surface area contributed by atoms with Crippen LogP contribution in [0.5, 0.6) is 0 Å². The molecule has 2 aliphatic heterocycles. The predicted octanol–water partition coefficient (Wildman–Crippen LogP) is 1.00. The first-order chi connectivity index (χ1) is 9.43. The highest BCUT2D eigenvalue weighted by Gasteiger charge is 2.16. The van der Waals surface area contributed by atoms with E-state index in [2.05, 4.69) is 20.6 Å². The summed E-state index contributed by atoms with van der Waals surface area (Å²) in [4.78, 5) is 8.83. The normalized spacial score (nSPS) is 22.8. The maximum atomic E-state index is 5.41. The average Bonchev–Trinajstić information content (AvgIpc) is 2.82. The largest absolute Gasteiger partial charge is 0.381 e. The van der Waals surface area contributed by atoms with Crippen LogP contribution < -0.4 is 10.6 Å². The van der Waals surface area contributed by atoms with Crippen LogP contribution in [0.1, 0.15) is 24.1 Å². The Hall–Kier alpha value is -1.20. The van der Waals surface area contributed by atoms with Gasteiger partial charge in [-0.05, 0) is 31.7 Å². The zero-order chi connectivity index (χ0) is 12.9. The third-order valence-corrected chi connectivity index (χ3v) is 3.99. The number of nitrogens with one attached hydrogen (secondary N) is 2. The second-order valence-electron chi connectivity index (χ2n) is 5.34. The highest BCUT2D eigenvalue weighted by molar-refractivity contribution is 5.46. The highest BCUT2D eigenvalue weighted by Crippen LogP contribution is 2.20. The molecule has 3 heterocycles. The predicted molar refractivity (Wildman–Crippen MR) is 74.3 cm³/mol. The number of fused-ring (bicyclic) bond motifs is 1. The van der Waals surface area contributed by atoms with Crippen molar-refractivity contribution in [3.05, 3.63) is 17.6 Å². The van der Waals surface area contributed by atoms with E-state index in [1.807, 2.05) is 0 Å². The Morgan fingerprint density at radius 2 is 2.26 bits per heavy atom. The van der Waals surface area contributed by atoms with Crippen LogP contribution >= 0.6 is 0 Å². The molecule has 104 valence electrons. The fourth-order valence-corrected chi connectivity index (χ4v) is 2.83. The summed E-state index contributed by atoms with van der Waals surface area (Å²) in [5.74, 6) is 1.75. The van der Waals surface area contributed by atoms with Gasteiger partial charge in [0.05, 0.1) is 5.69 Å². The molecule has 5 heteroatoms. The van der Waals surface area contributed by atoms with Gasteiger partial charge in [0.25, 0.3) is 0 Å². The Morgan fingerprint density at radius 1 is 1.32 bits per heavy atom. The van der Waals surface area contributed by atoms with E-state index in [-0.39, 0.29) is 0 Å². The molecule has 1 aromatic rings. The summed E-state index contributed by atoms with van der Waals surface area (Å²) in [5.41, 5.74) is 2.50. The molecule has 2 aliphatic rings. The Kier molecular flexibility index (Phi) is 4.25. The Labute approximate surface area is 114 Å². The number of rotatable bonds is 4. The van der Waals surface area contributed by atoms with E-state index in [4.69, 9.17) is 4.74 Å². The summed E-state index contributed by atoms with van der Waals surface area (Å²) >= 11 is 0. The summed E-state index contributed by atoms with van der Waals surface area (Å²) in [5, 5.41) is 6.90. The lowest BCUT2D eigenvalue weighted by Crippen LogP contribution is -2.16. The van der Waals surface area contributed by atoms with Crippen molar-refractivity contribution < 1.29 is 4.74 Å². The molecule has 0 bridgehead atoms. The molecule has 0 aromatic carbocycles. The van der Waals surface area contributed by atoms with Crippen LogP contribution in [-0.2, 0) is 17.6 Å². The van der Waals surface area contributed by atoms with E-state index in [0.717, 1.165) is 63.8 Å². The molecule has 1 saturated heterocycles. The van der Waals surface area contributed by atoms with Gasteiger partial charge in [0.15, 0.2) is 0 Å². The lowest BCUT2D eigenvalue weighted by atomic mass is 10.1. The second-order valence-corrected chi connectivity index (χ2v) is 5.34. The Morgan fingerprint density at radius 3 is 3.16 bits per heavy atom. The zero-order valence-corrected chi connectivity index (χ0v) is 11.3. The number of hydrogen-bond donors (Lipinski definition) is 2. The number of nitrogens with zero attached hydrogens (tertiary/aromatic N) is 2. The van der Waals surface area contributed by atoms with Crippen molar-refractivity contribution in [2.24, 2.45) is 5.92 Å². The zero-order valence-electron chi connectivity index (χ0n) is 11.3. The van der Waals surface area contributed by atoms with Gasteiger partial charge >= 0.3 is 0 Å². The topological polar surface area (TPSA) is 59.1 Å². The van der Waals surface area contributed by atoms with Crippen molar-refractivity contribution >= 4 is 5.82 Å². The summed E-state index contributed by atoms with van der Waals surface area (Å²) < 4.78 is 5.41. The van der Waals surface area contributed by atoms with Gasteiger partial charge in [-0.25, -0.2) is 9.97 Å². The van der Waals surface area contributed by atoms with Gasteiger partial charge in [-0.3, -0.25) is 0 Å². The third-order valence-electron chi connectivity index (χ3n) is 3.99. The van der Waals surface area contributed by atoms with Crippen molar-refractivity contribution in [3.63, 3.8) is 0 Å². The van der Waals surface area contributed by atoms with Gasteiger partial charge in [0.2, 0.25) is 0 Å². The van der Waals surface area contributed by atoms with Crippen molar-refractivity contribution in [2.45, 2.75) is 25.7 Å². The van der Waals surface area contributed by atoms with Gasteiger partial charge in [0.1, 0.15) is 12.1 Å². The minimum absolute atomic E-state index is 0.717. The molecule has 0 amide bonds. The van der Waals surface area contributed by atoms with Gasteiger partial charge in [-0.2, -0.15) is 0 Å². The first-order valence-corrected chi connectivity index (χ1v) is 7.28. The van der Waals surface area contributed by atoms with Crippen LogP contribution in [0.3, 0.4) is 0 Å². The molecule has 5 nitrogen and oxygen atoms in total. The lowest BCUT2D eigenvalue weighted by molar-refractivity contribution is 0.185. The number of hydrogen-bond acceptors (Lipinski definition) is 5. The van der Waals surface area contributed by atoms with Crippen molar-refractivity contribution in [1.29, 1.82) is 0 Å². The monoisotopic (exact) mass is 262 g/mol. The minimum atomic E-state index is 0.717. The molecule has 0 aliphatic carbocycles. The van der Waals surface area contributed by atoms with Gasteiger partial charge < -0.3 is 15.4 Å². The summed E-state index contributed by atoms with van der Waals surface area (Å²) in [6.45, 7) is 4.87. The molecular weight excluding hydrogens is 240 g/mol. The standard InChI is InChI=1S/C14H22N4O/c1(11-4-8-19-9-11)7-16-14-12-2-5-15-6-3-13(12)17-10-18-14/h10-11,15H,1-9H2,(H,16,17,18). The van der Waals surface area contributed by atoms with Crippen LogP contribution in [-0.4, -0.2) is 42.8 Å². The number of aromatic nitrogens is 2. The van der Waals surface area contributed by atoms with E-state index in [9.17, 15) is 0 Å². The molecule has 0 saturated carbocycles. The van der Waals surface area contributed by atoms with Crippen molar-refractivity contribution in [2.75, 3.05) is 38.2 Å². The summed E-state index contributed by atoms with van der Waals surface area (Å²) in [7, 11) is 0. The maximum absolute atomic E-state index is 5.41. The molecule has 1 aromatic heterocycles. The lowest BCUT2D eigenvalue weighted by Gasteiger charge is -2.13. The molecule has 1 fully saturated rings. The molecule has 1 atom stereocenters. The van der Waals surface area contributed by atoms with E-state index in [0.29, 0.717) is 0 Å². The van der Waals surface area contributed by atoms with Gasteiger partial charge in [-0.15, -0.1) is 0 Å². The fourth-order valence-electron chi connectivity index (χ4n) is 2.83. The van der Waals surface area contributed by atoms with Crippen LogP contribution in [0.25, 0.3) is 0 Å². The second kappa shape index (κ2) is 6.30. The van der Waals surface area contributed by atoms with Gasteiger partial charge in [-0.1, -0.05) is 0 Å². The fraction of sp³-hybridized carbons (Fsp3) is 0.714. The van der Waals surface area contributed by atoms with Crippen LogP contribution in [0.4, 0.5) is 5.82 Å². The van der Waals surface area contributed by atoms with Crippen LogP contribution in [0.15, 0.2) is 6.33 Å². The van der Waals surface area contributed by atoms with Crippen LogP contribution in [0.2, 0.25) is 0 Å². The molecule has 0 radical (unpaired) electrons. The average molecular weight is 262 g/mol. The highest BCUT2D eigenvalue weighted by atomic mass is 16.5. The van der Waals surface area contributed by atoms with Crippen molar-refractivity contribution in [1.82, 2.24) is 15.3 Å². The molecule has 3 rings (SSSR count). The van der Waals surface area contributed by atoms with Crippen LogP contribution in [0, 0.1) is 5.92 Å². The van der Waals surface area contributed by atoms with E-state index in [1.165, 1.54) is 17.7 Å². The van der Waals surface area contributed by atoms with E-state index >= 15 is 0 Å². The molecule has 0 spiro atoms. The maximum Gasteiger partial charge on any atom is 0.132 e. The van der Waals surface area contributed by atoms with E-state index < -0.39 is 0 Å². The molecule has 2 N–H and O–H groups in total. The first-order valence-electron chi connectivity index (χ1n) is 7.28.